The Labute approximate surface area is 109 Å². The molecule has 1 N–H and O–H groups in total. The van der Waals surface area contributed by atoms with Gasteiger partial charge >= 0.3 is 0 Å². The lowest BCUT2D eigenvalue weighted by atomic mass is 10.1. The Kier molecular flexibility index (Phi) is 2.00. The minimum absolute atomic E-state index is 0.651. The van der Waals surface area contributed by atoms with E-state index in [9.17, 15) is 0 Å². The van der Waals surface area contributed by atoms with Crippen molar-refractivity contribution in [3.63, 3.8) is 0 Å². The van der Waals surface area contributed by atoms with Crippen LogP contribution in [0.2, 0.25) is 0 Å². The number of aromatic amines is 1. The van der Waals surface area contributed by atoms with Gasteiger partial charge in [-0.05, 0) is 29.7 Å². The molecule has 4 nitrogen and oxygen atoms in total. The first-order valence-electron chi connectivity index (χ1n) is 6.05. The van der Waals surface area contributed by atoms with Crippen LogP contribution in [0.4, 0.5) is 0 Å². The van der Waals surface area contributed by atoms with Gasteiger partial charge in [0.15, 0.2) is 0 Å². The largest absolute Gasteiger partial charge is 0.481 e. The monoisotopic (exact) mass is 249 g/mol. The van der Waals surface area contributed by atoms with Gasteiger partial charge in [0.25, 0.3) is 0 Å². The molecule has 0 bridgehead atoms. The maximum absolute atomic E-state index is 5.33. The number of methoxy groups -OCH3 is 1. The molecule has 0 fully saturated rings. The molecule has 4 heteroatoms. The van der Waals surface area contributed by atoms with E-state index >= 15 is 0 Å². The number of hydrogen-bond acceptors (Lipinski definition) is 3. The standard InChI is InChI=1S/C15H11N3O/c1-19-15-10-7-11-12-8-16-4-3-13(12)18-14(11)6-9(10)2-5-17-15/h2-8,18H,1H3. The maximum Gasteiger partial charge on any atom is 0.221 e. The van der Waals surface area contributed by atoms with Crippen LogP contribution in [0.25, 0.3) is 32.6 Å². The van der Waals surface area contributed by atoms with Crippen molar-refractivity contribution in [2.24, 2.45) is 0 Å². The quantitative estimate of drug-likeness (QED) is 0.563. The van der Waals surface area contributed by atoms with Gasteiger partial charge in [-0.2, -0.15) is 0 Å². The summed E-state index contributed by atoms with van der Waals surface area (Å²) in [5.74, 6) is 0.651. The minimum atomic E-state index is 0.651. The number of nitrogens with one attached hydrogen (secondary N) is 1. The first-order chi connectivity index (χ1) is 9.36. The lowest BCUT2D eigenvalue weighted by Gasteiger charge is -2.04. The Morgan fingerprint density at radius 2 is 1.95 bits per heavy atom. The fourth-order valence-corrected chi connectivity index (χ4v) is 2.55. The number of hydrogen-bond donors (Lipinski definition) is 1. The second-order valence-corrected chi connectivity index (χ2v) is 4.49. The van der Waals surface area contributed by atoms with Crippen LogP contribution in [0.3, 0.4) is 0 Å². The molecule has 4 rings (SSSR count). The van der Waals surface area contributed by atoms with E-state index in [0.29, 0.717) is 5.88 Å². The molecule has 0 radical (unpaired) electrons. The SMILES string of the molecule is COc1nccc2cc3[nH]c4ccncc4c3cc12. The van der Waals surface area contributed by atoms with Gasteiger partial charge in [0.2, 0.25) is 5.88 Å². The Hall–Kier alpha value is -2.62. The number of rotatable bonds is 1. The van der Waals surface area contributed by atoms with Crippen LogP contribution in [-0.2, 0) is 0 Å². The van der Waals surface area contributed by atoms with Crippen LogP contribution in [0.15, 0.2) is 42.9 Å². The zero-order valence-corrected chi connectivity index (χ0v) is 10.3. The van der Waals surface area contributed by atoms with Crippen LogP contribution in [0.5, 0.6) is 5.88 Å². The smallest absolute Gasteiger partial charge is 0.221 e. The second-order valence-electron chi connectivity index (χ2n) is 4.49. The molecule has 0 aliphatic heterocycles. The van der Waals surface area contributed by atoms with Crippen LogP contribution in [0, 0.1) is 0 Å². The fourth-order valence-electron chi connectivity index (χ4n) is 2.55. The molecule has 1 aromatic carbocycles. The van der Waals surface area contributed by atoms with Crippen molar-refractivity contribution >= 4 is 32.6 Å². The summed E-state index contributed by atoms with van der Waals surface area (Å²) in [6, 6.07) is 8.20. The van der Waals surface area contributed by atoms with Crippen LogP contribution < -0.4 is 4.74 Å². The fraction of sp³-hybridized carbons (Fsp3) is 0.0667. The van der Waals surface area contributed by atoms with E-state index in [1.165, 1.54) is 0 Å². The summed E-state index contributed by atoms with van der Waals surface area (Å²) in [5.41, 5.74) is 2.19. The third-order valence-electron chi connectivity index (χ3n) is 3.44. The summed E-state index contributed by atoms with van der Waals surface area (Å²) >= 11 is 0. The lowest BCUT2D eigenvalue weighted by molar-refractivity contribution is 0.403. The second kappa shape index (κ2) is 3.68. The van der Waals surface area contributed by atoms with E-state index < -0.39 is 0 Å². The van der Waals surface area contributed by atoms with Gasteiger partial charge in [-0.25, -0.2) is 4.98 Å². The van der Waals surface area contributed by atoms with E-state index in [2.05, 4.69) is 27.1 Å². The summed E-state index contributed by atoms with van der Waals surface area (Å²) in [4.78, 5) is 11.8. The molecule has 92 valence electrons. The Morgan fingerprint density at radius 1 is 1.00 bits per heavy atom. The van der Waals surface area contributed by atoms with Crippen LogP contribution in [0.1, 0.15) is 0 Å². The molecule has 0 saturated carbocycles. The highest BCUT2D eigenvalue weighted by Gasteiger charge is 2.08. The molecule has 0 amide bonds. The number of pyridine rings is 2. The van der Waals surface area contributed by atoms with E-state index in [-0.39, 0.29) is 0 Å². The molecule has 3 aromatic heterocycles. The normalized spacial score (nSPS) is 11.4. The number of fused-ring (bicyclic) bond motifs is 4. The minimum Gasteiger partial charge on any atom is -0.481 e. The van der Waals surface area contributed by atoms with Gasteiger partial charge in [0.05, 0.1) is 7.11 Å². The summed E-state index contributed by atoms with van der Waals surface area (Å²) in [7, 11) is 1.64. The van der Waals surface area contributed by atoms with Crippen molar-refractivity contribution in [3.8, 4) is 5.88 Å². The highest BCUT2D eigenvalue weighted by atomic mass is 16.5. The van der Waals surface area contributed by atoms with E-state index in [0.717, 1.165) is 32.6 Å². The van der Waals surface area contributed by atoms with E-state index in [1.54, 1.807) is 19.5 Å². The molecular formula is C15H11N3O. The molecule has 19 heavy (non-hydrogen) atoms. The molecule has 0 saturated heterocycles. The highest BCUT2D eigenvalue weighted by molar-refractivity contribution is 6.12. The predicted molar refractivity (Wildman–Crippen MR) is 75.5 cm³/mol. The van der Waals surface area contributed by atoms with E-state index in [1.807, 2.05) is 18.3 Å². The molecule has 0 spiro atoms. The molecular weight excluding hydrogens is 238 g/mol. The van der Waals surface area contributed by atoms with Crippen molar-refractivity contribution in [2.75, 3.05) is 7.11 Å². The molecule has 0 aliphatic carbocycles. The Balaban J connectivity index is 2.22. The van der Waals surface area contributed by atoms with E-state index in [4.69, 9.17) is 4.74 Å². The van der Waals surface area contributed by atoms with Gasteiger partial charge in [-0.3, -0.25) is 4.98 Å². The number of ether oxygens (including phenoxy) is 1. The molecule has 0 atom stereocenters. The lowest BCUT2D eigenvalue weighted by Crippen LogP contribution is -1.88. The molecule has 3 heterocycles. The van der Waals surface area contributed by atoms with Crippen molar-refractivity contribution in [1.82, 2.24) is 15.0 Å². The van der Waals surface area contributed by atoms with Crippen LogP contribution in [-0.4, -0.2) is 22.1 Å². The zero-order valence-electron chi connectivity index (χ0n) is 10.3. The third kappa shape index (κ3) is 1.40. The first-order valence-corrected chi connectivity index (χ1v) is 6.05. The average Bonchev–Trinajstić information content (AvgIpc) is 2.82. The van der Waals surface area contributed by atoms with Gasteiger partial charge in [0, 0.05) is 45.8 Å². The summed E-state index contributed by atoms with van der Waals surface area (Å²) in [6.07, 6.45) is 5.43. The van der Waals surface area contributed by atoms with Gasteiger partial charge in [0.1, 0.15) is 0 Å². The average molecular weight is 249 g/mol. The summed E-state index contributed by atoms with van der Waals surface area (Å²) in [6.45, 7) is 0. The molecule has 4 aromatic rings. The third-order valence-corrected chi connectivity index (χ3v) is 3.44. The number of nitrogens with zero attached hydrogens (tertiary/aromatic N) is 2. The van der Waals surface area contributed by atoms with Gasteiger partial charge in [-0.15, -0.1) is 0 Å². The van der Waals surface area contributed by atoms with Crippen molar-refractivity contribution in [2.45, 2.75) is 0 Å². The first kappa shape index (κ1) is 10.3. The molecule has 0 unspecified atom stereocenters. The number of aromatic nitrogens is 3. The summed E-state index contributed by atoms with van der Waals surface area (Å²) < 4.78 is 5.33. The van der Waals surface area contributed by atoms with Gasteiger partial charge in [-0.1, -0.05) is 0 Å². The number of H-pyrrole nitrogens is 1. The molecule has 0 aliphatic rings. The topological polar surface area (TPSA) is 50.8 Å². The van der Waals surface area contributed by atoms with Crippen LogP contribution >= 0.6 is 0 Å². The number of benzene rings is 1. The highest BCUT2D eigenvalue weighted by Crippen LogP contribution is 2.31. The van der Waals surface area contributed by atoms with Crippen molar-refractivity contribution in [1.29, 1.82) is 0 Å². The van der Waals surface area contributed by atoms with Gasteiger partial charge < -0.3 is 9.72 Å². The Morgan fingerprint density at radius 3 is 2.84 bits per heavy atom. The Bertz CT molecular complexity index is 911. The zero-order chi connectivity index (χ0) is 12.8. The van der Waals surface area contributed by atoms with Crippen molar-refractivity contribution in [3.05, 3.63) is 42.9 Å². The maximum atomic E-state index is 5.33. The predicted octanol–water partition coefficient (Wildman–Crippen LogP) is 3.27. The summed E-state index contributed by atoms with van der Waals surface area (Å²) in [5, 5.41) is 4.38. The van der Waals surface area contributed by atoms with Crippen molar-refractivity contribution < 1.29 is 4.74 Å².